The molecule has 2 heterocycles. The molecule has 0 bridgehead atoms. The second-order valence-electron chi connectivity index (χ2n) is 5.03. The third kappa shape index (κ3) is 2.96. The second kappa shape index (κ2) is 5.88. The van der Waals surface area contributed by atoms with Crippen LogP contribution in [0.15, 0.2) is 23.5 Å². The summed E-state index contributed by atoms with van der Waals surface area (Å²) in [5.74, 6) is 0.859. The number of nitrogens with two attached hydrogens (primary N) is 1. The van der Waals surface area contributed by atoms with Crippen molar-refractivity contribution in [3.8, 4) is 0 Å². The van der Waals surface area contributed by atoms with E-state index in [-0.39, 0.29) is 5.84 Å². The van der Waals surface area contributed by atoms with Crippen LogP contribution in [-0.2, 0) is 0 Å². The first-order valence-electron chi connectivity index (χ1n) is 6.47. The molecule has 1 saturated heterocycles. The molecule has 19 heavy (non-hydrogen) atoms. The molecule has 3 N–H and O–H groups in total. The van der Waals surface area contributed by atoms with Gasteiger partial charge in [-0.2, -0.15) is 0 Å². The van der Waals surface area contributed by atoms with Crippen molar-refractivity contribution in [2.24, 2.45) is 10.9 Å². The van der Waals surface area contributed by atoms with Crippen molar-refractivity contribution in [1.29, 1.82) is 0 Å². The molecule has 6 heteroatoms. The molecule has 0 saturated carbocycles. The van der Waals surface area contributed by atoms with Gasteiger partial charge in [0.1, 0.15) is 5.82 Å². The summed E-state index contributed by atoms with van der Waals surface area (Å²) in [5, 5.41) is 11.9. The monoisotopic (exact) mass is 263 g/mol. The number of hydrogen-bond donors (Lipinski definition) is 2. The van der Waals surface area contributed by atoms with Crippen molar-refractivity contribution < 1.29 is 5.21 Å². The van der Waals surface area contributed by atoms with E-state index in [0.29, 0.717) is 11.6 Å². The minimum Gasteiger partial charge on any atom is -0.409 e. The van der Waals surface area contributed by atoms with Gasteiger partial charge in [-0.15, -0.1) is 0 Å². The molecule has 0 amide bonds. The second-order valence-corrected chi connectivity index (χ2v) is 5.03. The number of nitrogens with zero attached hydrogens (tertiary/aromatic N) is 4. The topological polar surface area (TPSA) is 78.0 Å². The van der Waals surface area contributed by atoms with Crippen LogP contribution in [-0.4, -0.2) is 54.2 Å². The number of rotatable bonds is 3. The lowest BCUT2D eigenvalue weighted by molar-refractivity contribution is 0.247. The van der Waals surface area contributed by atoms with Gasteiger partial charge in [-0.1, -0.05) is 5.16 Å². The zero-order valence-corrected chi connectivity index (χ0v) is 11.5. The number of oxime groups is 1. The largest absolute Gasteiger partial charge is 0.409 e. The standard InChI is InChI=1S/C13H21N5O/c1-17-8-4-5-10(9-17)18(2)13-11(12(14)16-19)6-3-7-15-13/h3,6-7,10,19H,4-5,8-9H2,1-2H3,(H2,14,16). The SMILES string of the molecule is CN1CCCC(N(C)c2ncccc2/C(N)=N/O)C1. The van der Waals surface area contributed by atoms with Gasteiger partial charge in [0.15, 0.2) is 5.84 Å². The number of anilines is 1. The van der Waals surface area contributed by atoms with E-state index in [4.69, 9.17) is 10.9 Å². The Balaban J connectivity index is 2.25. The molecule has 2 rings (SSSR count). The highest BCUT2D eigenvalue weighted by atomic mass is 16.4. The molecule has 1 aromatic rings. The molecule has 1 aliphatic heterocycles. The van der Waals surface area contributed by atoms with E-state index < -0.39 is 0 Å². The Morgan fingerprint density at radius 1 is 1.63 bits per heavy atom. The highest BCUT2D eigenvalue weighted by molar-refractivity contribution is 6.01. The first kappa shape index (κ1) is 13.6. The van der Waals surface area contributed by atoms with Crippen LogP contribution in [0, 0.1) is 0 Å². The molecule has 1 aliphatic rings. The summed E-state index contributed by atoms with van der Waals surface area (Å²) in [4.78, 5) is 8.83. The Kier molecular flexibility index (Phi) is 4.21. The summed E-state index contributed by atoms with van der Waals surface area (Å²) in [6.45, 7) is 2.14. The molecular formula is C13H21N5O. The number of pyridine rings is 1. The van der Waals surface area contributed by atoms with Crippen molar-refractivity contribution in [2.75, 3.05) is 32.1 Å². The number of hydrogen-bond acceptors (Lipinski definition) is 5. The quantitative estimate of drug-likeness (QED) is 0.363. The Morgan fingerprint density at radius 2 is 2.42 bits per heavy atom. The van der Waals surface area contributed by atoms with E-state index in [9.17, 15) is 0 Å². The summed E-state index contributed by atoms with van der Waals surface area (Å²) >= 11 is 0. The maximum Gasteiger partial charge on any atom is 0.173 e. The van der Waals surface area contributed by atoms with Crippen molar-refractivity contribution in [2.45, 2.75) is 18.9 Å². The molecular weight excluding hydrogens is 242 g/mol. The highest BCUT2D eigenvalue weighted by Gasteiger charge is 2.24. The number of aromatic nitrogens is 1. The number of likely N-dealkylation sites (N-methyl/N-ethyl adjacent to an activating group) is 2. The summed E-state index contributed by atoms with van der Waals surface area (Å²) in [6.07, 6.45) is 4.04. The Hall–Kier alpha value is -1.82. The van der Waals surface area contributed by atoms with Crippen LogP contribution < -0.4 is 10.6 Å². The average molecular weight is 263 g/mol. The number of likely N-dealkylation sites (tertiary alicyclic amines) is 1. The molecule has 0 spiro atoms. The third-order valence-corrected chi connectivity index (χ3v) is 3.65. The third-order valence-electron chi connectivity index (χ3n) is 3.65. The van der Waals surface area contributed by atoms with Gasteiger partial charge < -0.3 is 20.7 Å². The van der Waals surface area contributed by atoms with Gasteiger partial charge in [0.05, 0.1) is 5.56 Å². The van der Waals surface area contributed by atoms with Gasteiger partial charge in [-0.25, -0.2) is 4.98 Å². The lowest BCUT2D eigenvalue weighted by Crippen LogP contribution is -2.45. The molecule has 1 atom stereocenters. The van der Waals surface area contributed by atoms with E-state index in [0.717, 1.165) is 25.3 Å². The van der Waals surface area contributed by atoms with Crippen LogP contribution in [0.25, 0.3) is 0 Å². The number of amidine groups is 1. The van der Waals surface area contributed by atoms with Crippen molar-refractivity contribution in [1.82, 2.24) is 9.88 Å². The number of piperidine rings is 1. The van der Waals surface area contributed by atoms with E-state index in [1.807, 2.05) is 13.1 Å². The maximum absolute atomic E-state index is 8.86. The predicted molar refractivity (Wildman–Crippen MR) is 75.7 cm³/mol. The Labute approximate surface area is 113 Å². The fourth-order valence-corrected chi connectivity index (χ4v) is 2.56. The first-order chi connectivity index (χ1) is 9.13. The maximum atomic E-state index is 8.86. The highest BCUT2D eigenvalue weighted by Crippen LogP contribution is 2.22. The molecule has 1 fully saturated rings. The molecule has 104 valence electrons. The normalized spacial score (nSPS) is 21.4. The van der Waals surface area contributed by atoms with Gasteiger partial charge in [-0.3, -0.25) is 0 Å². The summed E-state index contributed by atoms with van der Waals surface area (Å²) in [6, 6.07) is 4.01. The molecule has 1 aromatic heterocycles. The average Bonchev–Trinajstić information content (AvgIpc) is 2.45. The van der Waals surface area contributed by atoms with E-state index in [2.05, 4.69) is 27.0 Å². The predicted octanol–water partition coefficient (Wildman–Crippen LogP) is 0.707. The molecule has 0 aromatic carbocycles. The minimum absolute atomic E-state index is 0.0964. The fourth-order valence-electron chi connectivity index (χ4n) is 2.56. The summed E-state index contributed by atoms with van der Waals surface area (Å²) in [7, 11) is 4.14. The van der Waals surface area contributed by atoms with Gasteiger partial charge in [0.25, 0.3) is 0 Å². The zero-order chi connectivity index (χ0) is 13.8. The van der Waals surface area contributed by atoms with Crippen molar-refractivity contribution in [3.63, 3.8) is 0 Å². The van der Waals surface area contributed by atoms with Crippen LogP contribution >= 0.6 is 0 Å². The van der Waals surface area contributed by atoms with Gasteiger partial charge in [0.2, 0.25) is 0 Å². The fraction of sp³-hybridized carbons (Fsp3) is 0.538. The lowest BCUT2D eigenvalue weighted by atomic mass is 10.0. The summed E-state index contributed by atoms with van der Waals surface area (Å²) in [5.41, 5.74) is 6.38. The van der Waals surface area contributed by atoms with Crippen LogP contribution in [0.5, 0.6) is 0 Å². The smallest absolute Gasteiger partial charge is 0.173 e. The van der Waals surface area contributed by atoms with E-state index >= 15 is 0 Å². The van der Waals surface area contributed by atoms with Crippen LogP contribution in [0.3, 0.4) is 0 Å². The van der Waals surface area contributed by atoms with Gasteiger partial charge in [-0.05, 0) is 38.6 Å². The molecule has 0 radical (unpaired) electrons. The molecule has 1 unspecified atom stereocenters. The minimum atomic E-state index is 0.0964. The van der Waals surface area contributed by atoms with Crippen LogP contribution in [0.2, 0.25) is 0 Å². The molecule has 0 aliphatic carbocycles. The first-order valence-corrected chi connectivity index (χ1v) is 6.47. The van der Waals surface area contributed by atoms with Crippen LogP contribution in [0.4, 0.5) is 5.82 Å². The van der Waals surface area contributed by atoms with Gasteiger partial charge >= 0.3 is 0 Å². The van der Waals surface area contributed by atoms with E-state index in [1.54, 1.807) is 12.3 Å². The van der Waals surface area contributed by atoms with Crippen LogP contribution in [0.1, 0.15) is 18.4 Å². The zero-order valence-electron chi connectivity index (χ0n) is 11.5. The van der Waals surface area contributed by atoms with Crippen molar-refractivity contribution in [3.05, 3.63) is 23.9 Å². The Bertz CT molecular complexity index is 462. The lowest BCUT2D eigenvalue weighted by Gasteiger charge is -2.37. The molecule has 6 nitrogen and oxygen atoms in total. The Morgan fingerprint density at radius 3 is 3.11 bits per heavy atom. The van der Waals surface area contributed by atoms with Crippen molar-refractivity contribution >= 4 is 11.7 Å². The summed E-state index contributed by atoms with van der Waals surface area (Å²) < 4.78 is 0. The van der Waals surface area contributed by atoms with Gasteiger partial charge in [0, 0.05) is 25.8 Å². The van der Waals surface area contributed by atoms with E-state index in [1.165, 1.54) is 6.42 Å².